The summed E-state index contributed by atoms with van der Waals surface area (Å²) in [6.45, 7) is 1.90. The lowest BCUT2D eigenvalue weighted by Crippen LogP contribution is -2.14. The number of halogens is 1. The van der Waals surface area contributed by atoms with Crippen molar-refractivity contribution in [3.8, 4) is 10.4 Å². The second-order valence-corrected chi connectivity index (χ2v) is 7.56. The van der Waals surface area contributed by atoms with Crippen LogP contribution in [-0.2, 0) is 0 Å². The van der Waals surface area contributed by atoms with Gasteiger partial charge >= 0.3 is 0 Å². The first kappa shape index (κ1) is 17.2. The number of hydrogen-bond acceptors (Lipinski definition) is 3. The molecule has 0 aliphatic heterocycles. The van der Waals surface area contributed by atoms with Crippen LogP contribution in [-0.4, -0.2) is 32.1 Å². The number of hydrogen-bond donors (Lipinski definition) is 0. The summed E-state index contributed by atoms with van der Waals surface area (Å²) < 4.78 is 1.26. The summed E-state index contributed by atoms with van der Waals surface area (Å²) in [7, 11) is 4.19. The van der Waals surface area contributed by atoms with E-state index in [0.29, 0.717) is 0 Å². The summed E-state index contributed by atoms with van der Waals surface area (Å²) in [5.41, 5.74) is 1.18. The van der Waals surface area contributed by atoms with Crippen molar-refractivity contribution in [2.45, 2.75) is 6.42 Å². The van der Waals surface area contributed by atoms with Gasteiger partial charge in [-0.05, 0) is 56.9 Å². The lowest BCUT2D eigenvalue weighted by Gasteiger charge is -2.07. The highest BCUT2D eigenvalue weighted by Crippen LogP contribution is 2.28. The molecule has 0 atom stereocenters. The quantitative estimate of drug-likeness (QED) is 0.582. The van der Waals surface area contributed by atoms with E-state index in [0.717, 1.165) is 29.9 Å². The second kappa shape index (κ2) is 7.93. The van der Waals surface area contributed by atoms with Gasteiger partial charge in [-0.3, -0.25) is 4.99 Å². The molecule has 3 rings (SSSR count). The van der Waals surface area contributed by atoms with Crippen LogP contribution in [0, 0.1) is 0 Å². The molecule has 1 heterocycles. The standard InChI is InChI=1S/C20H21ClN2S/c1-23(2)13-5-12-22-18-14-20(15-8-10-16(21)11-9-15)24-19-7-4-3-6-17(18)19/h3-4,6-11,14H,5,12-13H2,1-2H3. The summed E-state index contributed by atoms with van der Waals surface area (Å²) in [5.74, 6) is 0. The first-order valence-corrected chi connectivity index (χ1v) is 9.27. The topological polar surface area (TPSA) is 15.6 Å². The monoisotopic (exact) mass is 356 g/mol. The Balaban J connectivity index is 2.02. The largest absolute Gasteiger partial charge is 0.309 e. The van der Waals surface area contributed by atoms with E-state index >= 15 is 0 Å². The highest BCUT2D eigenvalue weighted by molar-refractivity contribution is 7.21. The van der Waals surface area contributed by atoms with Gasteiger partial charge in [0.15, 0.2) is 0 Å². The van der Waals surface area contributed by atoms with E-state index in [1.807, 2.05) is 12.1 Å². The molecule has 0 aliphatic rings. The number of benzene rings is 2. The van der Waals surface area contributed by atoms with E-state index < -0.39 is 0 Å². The molecule has 0 unspecified atom stereocenters. The van der Waals surface area contributed by atoms with Crippen LogP contribution in [0.5, 0.6) is 0 Å². The van der Waals surface area contributed by atoms with Gasteiger partial charge in [0.2, 0.25) is 0 Å². The Morgan fingerprint density at radius 3 is 2.54 bits per heavy atom. The van der Waals surface area contributed by atoms with Gasteiger partial charge in [0.25, 0.3) is 0 Å². The molecule has 3 aromatic rings. The fraction of sp³-hybridized carbons (Fsp3) is 0.250. The van der Waals surface area contributed by atoms with Crippen molar-refractivity contribution in [3.63, 3.8) is 0 Å². The van der Waals surface area contributed by atoms with Gasteiger partial charge in [0.1, 0.15) is 0 Å². The molecule has 0 amide bonds. The van der Waals surface area contributed by atoms with Crippen LogP contribution >= 0.6 is 22.9 Å². The van der Waals surface area contributed by atoms with Crippen molar-refractivity contribution in [1.82, 2.24) is 4.90 Å². The third kappa shape index (κ3) is 4.23. The maximum Gasteiger partial charge on any atom is 0.0675 e. The molecule has 4 heteroatoms. The fourth-order valence-corrected chi connectivity index (χ4v) is 3.81. The third-order valence-corrected chi connectivity index (χ3v) is 5.23. The van der Waals surface area contributed by atoms with Gasteiger partial charge in [-0.1, -0.05) is 41.9 Å². The lowest BCUT2D eigenvalue weighted by atomic mass is 10.1. The van der Waals surface area contributed by atoms with Gasteiger partial charge in [0, 0.05) is 26.5 Å². The van der Waals surface area contributed by atoms with Gasteiger partial charge in [0.05, 0.1) is 5.36 Å². The fourth-order valence-electron chi connectivity index (χ4n) is 2.59. The molecule has 2 nitrogen and oxygen atoms in total. The minimum Gasteiger partial charge on any atom is -0.309 e. The molecule has 0 spiro atoms. The zero-order chi connectivity index (χ0) is 16.9. The zero-order valence-corrected chi connectivity index (χ0v) is 15.6. The Kier molecular flexibility index (Phi) is 5.67. The summed E-state index contributed by atoms with van der Waals surface area (Å²) in [5, 5.41) is 3.07. The van der Waals surface area contributed by atoms with Crippen LogP contribution in [0.25, 0.3) is 20.5 Å². The molecule has 2 aromatic carbocycles. The Morgan fingerprint density at radius 1 is 1.04 bits per heavy atom. The average Bonchev–Trinajstić information content (AvgIpc) is 2.59. The lowest BCUT2D eigenvalue weighted by molar-refractivity contribution is 0.403. The molecule has 0 aliphatic carbocycles. The number of fused-ring (bicyclic) bond motifs is 1. The maximum absolute atomic E-state index is 6.02. The Hall–Kier alpha value is -1.68. The first-order chi connectivity index (χ1) is 11.6. The summed E-state index contributed by atoms with van der Waals surface area (Å²) in [4.78, 5) is 8.28. The average molecular weight is 357 g/mol. The highest BCUT2D eigenvalue weighted by Gasteiger charge is 2.04. The third-order valence-electron chi connectivity index (χ3n) is 3.83. The first-order valence-electron chi connectivity index (χ1n) is 8.07. The van der Waals surface area contributed by atoms with Crippen LogP contribution in [0.1, 0.15) is 6.42 Å². The smallest absolute Gasteiger partial charge is 0.0675 e. The Morgan fingerprint density at radius 2 is 1.79 bits per heavy atom. The van der Waals surface area contributed by atoms with Crippen molar-refractivity contribution >= 4 is 33.0 Å². The van der Waals surface area contributed by atoms with E-state index in [9.17, 15) is 0 Å². The maximum atomic E-state index is 6.02. The van der Waals surface area contributed by atoms with Crippen molar-refractivity contribution < 1.29 is 0 Å². The molecule has 0 saturated carbocycles. The Labute approximate surface area is 152 Å². The van der Waals surface area contributed by atoms with Crippen LogP contribution < -0.4 is 5.36 Å². The van der Waals surface area contributed by atoms with Crippen LogP contribution in [0.3, 0.4) is 0 Å². The zero-order valence-electron chi connectivity index (χ0n) is 14.0. The number of rotatable bonds is 5. The van der Waals surface area contributed by atoms with Crippen molar-refractivity contribution in [2.75, 3.05) is 27.2 Å². The molecular weight excluding hydrogens is 336 g/mol. The van der Waals surface area contributed by atoms with Gasteiger partial charge in [-0.2, -0.15) is 0 Å². The summed E-state index contributed by atoms with van der Waals surface area (Å²) >= 11 is 7.81. The van der Waals surface area contributed by atoms with Crippen LogP contribution in [0.15, 0.2) is 59.6 Å². The van der Waals surface area contributed by atoms with Gasteiger partial charge < -0.3 is 4.90 Å². The summed E-state index contributed by atoms with van der Waals surface area (Å²) in [6.07, 6.45) is 1.07. The highest BCUT2D eigenvalue weighted by atomic mass is 35.5. The molecule has 0 saturated heterocycles. The predicted octanol–water partition coefficient (Wildman–Crippen LogP) is 5.07. The molecule has 24 heavy (non-hydrogen) atoms. The van der Waals surface area contributed by atoms with Gasteiger partial charge in [-0.15, -0.1) is 11.3 Å². The predicted molar refractivity (Wildman–Crippen MR) is 106 cm³/mol. The van der Waals surface area contributed by atoms with E-state index in [-0.39, 0.29) is 0 Å². The Bertz CT molecular complexity index is 882. The van der Waals surface area contributed by atoms with Crippen molar-refractivity contribution in [2.24, 2.45) is 4.99 Å². The minimum absolute atomic E-state index is 0.762. The molecule has 0 radical (unpaired) electrons. The van der Waals surface area contributed by atoms with E-state index in [2.05, 4.69) is 61.5 Å². The molecule has 0 N–H and O–H groups in total. The molecule has 124 valence electrons. The molecule has 0 bridgehead atoms. The van der Waals surface area contributed by atoms with E-state index in [4.69, 9.17) is 16.6 Å². The van der Waals surface area contributed by atoms with Crippen molar-refractivity contribution in [1.29, 1.82) is 0 Å². The number of nitrogens with zero attached hydrogens (tertiary/aromatic N) is 2. The van der Waals surface area contributed by atoms with Crippen LogP contribution in [0.2, 0.25) is 5.02 Å². The van der Waals surface area contributed by atoms with Gasteiger partial charge in [-0.25, -0.2) is 0 Å². The molecular formula is C20H21ClN2S. The van der Waals surface area contributed by atoms with Crippen molar-refractivity contribution in [3.05, 3.63) is 65.0 Å². The van der Waals surface area contributed by atoms with E-state index in [1.54, 1.807) is 11.3 Å². The van der Waals surface area contributed by atoms with Crippen LogP contribution in [0.4, 0.5) is 0 Å². The minimum atomic E-state index is 0.762. The van der Waals surface area contributed by atoms with E-state index in [1.165, 1.54) is 20.5 Å². The normalized spacial score (nSPS) is 12.2. The second-order valence-electron chi connectivity index (χ2n) is 6.04. The SMILES string of the molecule is CN(C)CCCN=c1cc(-c2ccc(Cl)cc2)sc2ccccc12. The molecule has 0 fully saturated rings. The summed E-state index contributed by atoms with van der Waals surface area (Å²) in [6, 6.07) is 18.7. The molecule has 1 aromatic heterocycles.